The topological polar surface area (TPSA) is 60.7 Å². The van der Waals surface area contributed by atoms with Crippen LogP contribution in [0, 0.1) is 0 Å². The highest BCUT2D eigenvalue weighted by Gasteiger charge is 2.17. The minimum Gasteiger partial charge on any atom is -0.294 e. The minimum absolute atomic E-state index is 0.0241. The summed E-state index contributed by atoms with van der Waals surface area (Å²) in [6.07, 6.45) is 3.36. The van der Waals surface area contributed by atoms with Crippen molar-refractivity contribution in [3.05, 3.63) is 84.6 Å². The van der Waals surface area contributed by atoms with E-state index in [9.17, 15) is 4.79 Å². The third-order valence-corrected chi connectivity index (χ3v) is 3.82. The molecule has 116 valence electrons. The van der Waals surface area contributed by atoms with Crippen LogP contribution in [0.5, 0.6) is 0 Å². The van der Waals surface area contributed by atoms with Gasteiger partial charge in [0.15, 0.2) is 11.4 Å². The summed E-state index contributed by atoms with van der Waals surface area (Å²) in [6.45, 7) is 0. The predicted octanol–water partition coefficient (Wildman–Crippen LogP) is 3.24. The third-order valence-electron chi connectivity index (χ3n) is 3.82. The van der Waals surface area contributed by atoms with Gasteiger partial charge in [0.05, 0.1) is 12.6 Å². The Hall–Kier alpha value is -3.34. The van der Waals surface area contributed by atoms with Gasteiger partial charge in [0.25, 0.3) is 0 Å². The van der Waals surface area contributed by atoms with Gasteiger partial charge in [-0.3, -0.25) is 9.36 Å². The van der Waals surface area contributed by atoms with Crippen LogP contribution in [0.15, 0.2) is 73.2 Å². The zero-order valence-corrected chi connectivity index (χ0v) is 12.8. The number of ketones is 1. The van der Waals surface area contributed by atoms with E-state index < -0.39 is 0 Å². The van der Waals surface area contributed by atoms with E-state index >= 15 is 0 Å². The normalized spacial score (nSPS) is 10.8. The number of para-hydroxylation sites is 1. The average Bonchev–Trinajstić information content (AvgIpc) is 3.01. The number of carbonyl (C=O) groups excluding carboxylic acids is 1. The van der Waals surface area contributed by atoms with Gasteiger partial charge in [-0.25, -0.2) is 15.0 Å². The lowest BCUT2D eigenvalue weighted by molar-refractivity contribution is 0.0990. The molecule has 0 bridgehead atoms. The maximum absolute atomic E-state index is 12.6. The number of hydrogen-bond donors (Lipinski definition) is 0. The van der Waals surface area contributed by atoms with Crippen molar-refractivity contribution >= 4 is 16.9 Å². The van der Waals surface area contributed by atoms with Crippen LogP contribution >= 0.6 is 0 Å². The molecule has 2 aromatic carbocycles. The highest BCUT2D eigenvalue weighted by Crippen LogP contribution is 2.20. The number of nitrogens with zero attached hydrogens (tertiary/aromatic N) is 4. The second kappa shape index (κ2) is 6.04. The second-order valence-corrected chi connectivity index (χ2v) is 5.40. The standard InChI is InChI=1S/C19H14N4O/c24-17(14-7-3-1-4-8-14)11-18-22-16-12-20-13-21-19(16)23(18)15-9-5-2-6-10-15/h1-10,12-13H,11H2. The Balaban J connectivity index is 1.82. The molecule has 4 aromatic rings. The highest BCUT2D eigenvalue weighted by atomic mass is 16.1. The SMILES string of the molecule is O=C(Cc1nc2cncnc2n1-c1ccccc1)c1ccccc1. The number of rotatable bonds is 4. The molecule has 5 nitrogen and oxygen atoms in total. The van der Waals surface area contributed by atoms with Crippen molar-refractivity contribution in [3.63, 3.8) is 0 Å². The van der Waals surface area contributed by atoms with Crippen LogP contribution in [-0.2, 0) is 6.42 Å². The van der Waals surface area contributed by atoms with E-state index in [-0.39, 0.29) is 12.2 Å². The maximum atomic E-state index is 12.6. The summed E-state index contributed by atoms with van der Waals surface area (Å²) < 4.78 is 1.91. The van der Waals surface area contributed by atoms with Crippen molar-refractivity contribution in [1.82, 2.24) is 19.5 Å². The van der Waals surface area contributed by atoms with Crippen LogP contribution in [-0.4, -0.2) is 25.3 Å². The number of Topliss-reactive ketones (excluding diaryl/α,β-unsaturated/α-hetero) is 1. The Bertz CT molecular complexity index is 994. The first-order valence-electron chi connectivity index (χ1n) is 7.64. The van der Waals surface area contributed by atoms with Gasteiger partial charge in [0, 0.05) is 11.3 Å². The Labute approximate surface area is 138 Å². The predicted molar refractivity (Wildman–Crippen MR) is 91.1 cm³/mol. The zero-order chi connectivity index (χ0) is 16.4. The molecule has 0 saturated heterocycles. The molecule has 0 unspecified atom stereocenters. The smallest absolute Gasteiger partial charge is 0.170 e. The van der Waals surface area contributed by atoms with Gasteiger partial charge < -0.3 is 0 Å². The summed E-state index contributed by atoms with van der Waals surface area (Å²) in [5, 5.41) is 0. The first-order chi connectivity index (χ1) is 11.8. The van der Waals surface area contributed by atoms with Crippen LogP contribution in [0.2, 0.25) is 0 Å². The Morgan fingerprint density at radius 3 is 2.42 bits per heavy atom. The molecule has 0 aliphatic carbocycles. The largest absolute Gasteiger partial charge is 0.294 e. The van der Waals surface area contributed by atoms with Crippen LogP contribution in [0.3, 0.4) is 0 Å². The molecular formula is C19H14N4O. The van der Waals surface area contributed by atoms with Crippen LogP contribution < -0.4 is 0 Å². The lowest BCUT2D eigenvalue weighted by Gasteiger charge is -2.08. The van der Waals surface area contributed by atoms with Crippen molar-refractivity contribution in [2.45, 2.75) is 6.42 Å². The maximum Gasteiger partial charge on any atom is 0.170 e. The molecular weight excluding hydrogens is 300 g/mol. The van der Waals surface area contributed by atoms with E-state index in [4.69, 9.17) is 0 Å². The molecule has 2 heterocycles. The zero-order valence-electron chi connectivity index (χ0n) is 12.8. The molecule has 0 aliphatic rings. The summed E-state index contributed by atoms with van der Waals surface area (Å²) >= 11 is 0. The fourth-order valence-corrected chi connectivity index (χ4v) is 2.71. The van der Waals surface area contributed by atoms with E-state index in [1.807, 2.05) is 65.2 Å². The molecule has 24 heavy (non-hydrogen) atoms. The third kappa shape index (κ3) is 2.56. The summed E-state index contributed by atoms with van der Waals surface area (Å²) in [5.41, 5.74) is 2.98. The lowest BCUT2D eigenvalue weighted by atomic mass is 10.1. The highest BCUT2D eigenvalue weighted by molar-refractivity contribution is 5.97. The van der Waals surface area contributed by atoms with Crippen molar-refractivity contribution < 1.29 is 4.79 Å². The first kappa shape index (κ1) is 14.3. The van der Waals surface area contributed by atoms with Crippen LogP contribution in [0.4, 0.5) is 0 Å². The molecule has 0 saturated carbocycles. The lowest BCUT2D eigenvalue weighted by Crippen LogP contribution is -2.09. The van der Waals surface area contributed by atoms with Crippen molar-refractivity contribution in [2.75, 3.05) is 0 Å². The summed E-state index contributed by atoms with van der Waals surface area (Å²) in [5.74, 6) is 0.682. The molecule has 0 N–H and O–H groups in total. The van der Waals surface area contributed by atoms with Gasteiger partial charge in [-0.1, -0.05) is 48.5 Å². The summed E-state index contributed by atoms with van der Waals surface area (Å²) in [7, 11) is 0. The van der Waals surface area contributed by atoms with E-state index in [0.29, 0.717) is 22.6 Å². The first-order valence-corrected chi connectivity index (χ1v) is 7.64. The van der Waals surface area contributed by atoms with Gasteiger partial charge in [-0.2, -0.15) is 0 Å². The van der Waals surface area contributed by atoms with Gasteiger partial charge in [0.2, 0.25) is 0 Å². The fraction of sp³-hybridized carbons (Fsp3) is 0.0526. The van der Waals surface area contributed by atoms with Crippen LogP contribution in [0.25, 0.3) is 16.9 Å². The van der Waals surface area contributed by atoms with Crippen molar-refractivity contribution in [2.24, 2.45) is 0 Å². The molecule has 2 aromatic heterocycles. The van der Waals surface area contributed by atoms with E-state index in [0.717, 1.165) is 5.69 Å². The van der Waals surface area contributed by atoms with E-state index in [2.05, 4.69) is 15.0 Å². The van der Waals surface area contributed by atoms with Crippen molar-refractivity contribution in [1.29, 1.82) is 0 Å². The Morgan fingerprint density at radius 2 is 1.67 bits per heavy atom. The number of hydrogen-bond acceptors (Lipinski definition) is 4. The van der Waals surface area contributed by atoms with Crippen molar-refractivity contribution in [3.8, 4) is 5.69 Å². The number of imidazole rings is 1. The van der Waals surface area contributed by atoms with Gasteiger partial charge in [-0.05, 0) is 12.1 Å². The summed E-state index contributed by atoms with van der Waals surface area (Å²) in [6, 6.07) is 19.0. The Morgan fingerprint density at radius 1 is 0.958 bits per heavy atom. The molecule has 0 aliphatic heterocycles. The van der Waals surface area contributed by atoms with Gasteiger partial charge in [0.1, 0.15) is 17.7 Å². The fourth-order valence-electron chi connectivity index (χ4n) is 2.71. The Kier molecular flexibility index (Phi) is 3.59. The average molecular weight is 314 g/mol. The molecule has 0 radical (unpaired) electrons. The monoisotopic (exact) mass is 314 g/mol. The van der Waals surface area contributed by atoms with E-state index in [1.54, 1.807) is 6.20 Å². The minimum atomic E-state index is 0.0241. The van der Waals surface area contributed by atoms with Crippen LogP contribution in [0.1, 0.15) is 16.2 Å². The molecule has 5 heteroatoms. The summed E-state index contributed by atoms with van der Waals surface area (Å²) in [4.78, 5) is 25.5. The molecule has 0 fully saturated rings. The quantitative estimate of drug-likeness (QED) is 0.543. The second-order valence-electron chi connectivity index (χ2n) is 5.40. The van der Waals surface area contributed by atoms with E-state index in [1.165, 1.54) is 6.33 Å². The van der Waals surface area contributed by atoms with Gasteiger partial charge in [-0.15, -0.1) is 0 Å². The number of fused-ring (bicyclic) bond motifs is 1. The number of benzene rings is 2. The number of aromatic nitrogens is 4. The molecule has 0 amide bonds. The molecule has 0 spiro atoms. The number of carbonyl (C=O) groups is 1. The van der Waals surface area contributed by atoms with Gasteiger partial charge >= 0.3 is 0 Å². The molecule has 0 atom stereocenters. The molecule has 4 rings (SSSR count).